The second-order valence-electron chi connectivity index (χ2n) is 3.45. The molecule has 1 atom stereocenters. The average Bonchev–Trinajstić information content (AvgIpc) is 2.64. The second-order valence-corrected chi connectivity index (χ2v) is 5.47. The zero-order valence-corrected chi connectivity index (χ0v) is 10.3. The van der Waals surface area contributed by atoms with Crippen molar-refractivity contribution < 1.29 is 23.1 Å². The maximum Gasteiger partial charge on any atom is 0.334 e. The van der Waals surface area contributed by atoms with Gasteiger partial charge in [0, 0.05) is 19.1 Å². The summed E-state index contributed by atoms with van der Waals surface area (Å²) in [5, 5.41) is 12.6. The van der Waals surface area contributed by atoms with Crippen molar-refractivity contribution in [2.45, 2.75) is 24.5 Å². The van der Waals surface area contributed by atoms with Gasteiger partial charge >= 0.3 is 5.97 Å². The average molecular weight is 262 g/mol. The van der Waals surface area contributed by atoms with Crippen molar-refractivity contribution in [3.8, 4) is 0 Å². The molecule has 0 saturated carbocycles. The molecule has 0 aliphatic carbocycles. The Bertz CT molecular complexity index is 493. The molecule has 1 aromatic heterocycles. The van der Waals surface area contributed by atoms with Crippen LogP contribution < -0.4 is 0 Å². The molecule has 1 aromatic rings. The molecule has 1 heterocycles. The van der Waals surface area contributed by atoms with Crippen LogP contribution in [0.1, 0.15) is 6.92 Å². The van der Waals surface area contributed by atoms with Crippen LogP contribution in [0.2, 0.25) is 0 Å². The molecular weight excluding hydrogens is 248 g/mol. The lowest BCUT2D eigenvalue weighted by Crippen LogP contribution is -2.29. The van der Waals surface area contributed by atoms with Crippen molar-refractivity contribution in [3.63, 3.8) is 0 Å². The van der Waals surface area contributed by atoms with Gasteiger partial charge in [0.05, 0.1) is 12.7 Å². The first-order chi connectivity index (χ1) is 7.84. The zero-order chi connectivity index (χ0) is 13.1. The van der Waals surface area contributed by atoms with E-state index in [9.17, 15) is 13.2 Å². The Labute approximate surface area is 98.9 Å². The fraction of sp³-hybridized carbons (Fsp3) is 0.556. The van der Waals surface area contributed by atoms with Crippen molar-refractivity contribution in [2.24, 2.45) is 0 Å². The van der Waals surface area contributed by atoms with Gasteiger partial charge in [-0.05, 0) is 6.92 Å². The van der Waals surface area contributed by atoms with Crippen molar-refractivity contribution in [2.75, 3.05) is 12.9 Å². The van der Waals surface area contributed by atoms with Gasteiger partial charge in [-0.25, -0.2) is 13.2 Å². The van der Waals surface area contributed by atoms with Gasteiger partial charge in [-0.3, -0.25) is 4.68 Å². The van der Waals surface area contributed by atoms with Crippen LogP contribution in [0.25, 0.3) is 0 Å². The number of ether oxygens (including phenoxy) is 1. The Kier molecular flexibility index (Phi) is 4.24. The van der Waals surface area contributed by atoms with E-state index in [1.165, 1.54) is 17.1 Å². The van der Waals surface area contributed by atoms with E-state index < -0.39 is 21.9 Å². The van der Waals surface area contributed by atoms with Gasteiger partial charge in [-0.15, -0.1) is 0 Å². The fourth-order valence-electron chi connectivity index (χ4n) is 1.21. The molecule has 0 fully saturated rings. The normalized spacial score (nSPS) is 13.5. The molecule has 7 nitrogen and oxygen atoms in total. The van der Waals surface area contributed by atoms with E-state index in [-0.39, 0.29) is 18.0 Å². The lowest BCUT2D eigenvalue weighted by atomic mass is 10.3. The Morgan fingerprint density at radius 1 is 1.65 bits per heavy atom. The van der Waals surface area contributed by atoms with Gasteiger partial charge in [0.25, 0.3) is 0 Å². The van der Waals surface area contributed by atoms with Crippen LogP contribution in [-0.4, -0.2) is 48.2 Å². The summed E-state index contributed by atoms with van der Waals surface area (Å²) in [5.41, 5.74) is 0. The monoisotopic (exact) mass is 262 g/mol. The van der Waals surface area contributed by atoms with Crippen LogP contribution in [0, 0.1) is 0 Å². The minimum atomic E-state index is -3.32. The van der Waals surface area contributed by atoms with E-state index in [4.69, 9.17) is 9.84 Å². The van der Waals surface area contributed by atoms with Crippen LogP contribution >= 0.6 is 0 Å². The van der Waals surface area contributed by atoms with E-state index in [1.54, 1.807) is 6.92 Å². The highest BCUT2D eigenvalue weighted by Crippen LogP contribution is 2.07. The van der Waals surface area contributed by atoms with Crippen molar-refractivity contribution in [1.82, 2.24) is 9.78 Å². The summed E-state index contributed by atoms with van der Waals surface area (Å²) in [6.45, 7) is 1.91. The molecule has 0 aliphatic heterocycles. The number of nitrogens with zero attached hydrogens (tertiary/aromatic N) is 2. The number of aromatic nitrogens is 2. The maximum atomic E-state index is 11.2. The summed E-state index contributed by atoms with van der Waals surface area (Å²) in [5.74, 6) is -1.11. The van der Waals surface area contributed by atoms with Gasteiger partial charge in [0.1, 0.15) is 4.90 Å². The third-order valence-electron chi connectivity index (χ3n) is 2.03. The van der Waals surface area contributed by atoms with Crippen LogP contribution in [0.3, 0.4) is 0 Å². The standard InChI is InChI=1S/C9H14N2O5S/c1-3-16-8(9(12)13)6-11-5-7(4-10-11)17(2,14)15/h4-5,8H,3,6H2,1-2H3,(H,12,13). The van der Waals surface area contributed by atoms with Gasteiger partial charge in [-0.2, -0.15) is 5.10 Å². The molecule has 96 valence electrons. The quantitative estimate of drug-likeness (QED) is 0.760. The number of carboxylic acids is 1. The highest BCUT2D eigenvalue weighted by Gasteiger charge is 2.19. The summed E-state index contributed by atoms with van der Waals surface area (Å²) >= 11 is 0. The molecular formula is C9H14N2O5S. The molecule has 0 radical (unpaired) electrons. The van der Waals surface area contributed by atoms with E-state index >= 15 is 0 Å². The maximum absolute atomic E-state index is 11.2. The van der Waals surface area contributed by atoms with E-state index in [1.807, 2.05) is 0 Å². The van der Waals surface area contributed by atoms with Crippen molar-refractivity contribution in [3.05, 3.63) is 12.4 Å². The molecule has 0 spiro atoms. The van der Waals surface area contributed by atoms with Gasteiger partial charge in [0.2, 0.25) is 0 Å². The predicted octanol–water partition coefficient (Wildman–Crippen LogP) is -0.224. The second kappa shape index (κ2) is 5.28. The number of aliphatic carboxylic acids is 1. The highest BCUT2D eigenvalue weighted by molar-refractivity contribution is 7.90. The Balaban J connectivity index is 2.81. The highest BCUT2D eigenvalue weighted by atomic mass is 32.2. The summed E-state index contributed by atoms with van der Waals surface area (Å²) in [6, 6.07) is 0. The molecule has 0 amide bonds. The van der Waals surface area contributed by atoms with Gasteiger partial charge < -0.3 is 9.84 Å². The minimum absolute atomic E-state index is 0.0291. The van der Waals surface area contributed by atoms with Crippen LogP contribution in [0.5, 0.6) is 0 Å². The summed E-state index contributed by atoms with van der Waals surface area (Å²) < 4.78 is 28.6. The predicted molar refractivity (Wildman–Crippen MR) is 58.4 cm³/mol. The smallest absolute Gasteiger partial charge is 0.334 e. The number of hydrogen-bond donors (Lipinski definition) is 1. The molecule has 1 unspecified atom stereocenters. The Morgan fingerprint density at radius 2 is 2.29 bits per heavy atom. The number of carbonyl (C=O) groups is 1. The van der Waals surface area contributed by atoms with Crippen molar-refractivity contribution >= 4 is 15.8 Å². The van der Waals surface area contributed by atoms with Gasteiger partial charge in [-0.1, -0.05) is 0 Å². The van der Waals surface area contributed by atoms with E-state index in [0.29, 0.717) is 0 Å². The summed E-state index contributed by atoms with van der Waals surface area (Å²) in [6.07, 6.45) is 2.49. The molecule has 0 saturated heterocycles. The molecule has 0 aliphatic rings. The summed E-state index contributed by atoms with van der Waals surface area (Å²) in [4.78, 5) is 10.9. The number of carboxylic acid groups (broad SMARTS) is 1. The number of hydrogen-bond acceptors (Lipinski definition) is 5. The molecule has 0 bridgehead atoms. The Hall–Kier alpha value is -1.41. The molecule has 17 heavy (non-hydrogen) atoms. The first-order valence-electron chi connectivity index (χ1n) is 4.91. The molecule has 1 rings (SSSR count). The molecule has 0 aromatic carbocycles. The minimum Gasteiger partial charge on any atom is -0.479 e. The number of sulfone groups is 1. The number of rotatable bonds is 6. The topological polar surface area (TPSA) is 98.5 Å². The largest absolute Gasteiger partial charge is 0.479 e. The van der Waals surface area contributed by atoms with E-state index in [0.717, 1.165) is 6.26 Å². The van der Waals surface area contributed by atoms with Crippen LogP contribution in [0.15, 0.2) is 17.3 Å². The molecule has 1 N–H and O–H groups in total. The third-order valence-corrected chi connectivity index (χ3v) is 3.10. The first-order valence-corrected chi connectivity index (χ1v) is 6.80. The fourth-order valence-corrected chi connectivity index (χ4v) is 1.76. The third kappa shape index (κ3) is 3.82. The van der Waals surface area contributed by atoms with Gasteiger partial charge in [0.15, 0.2) is 15.9 Å². The Morgan fingerprint density at radius 3 is 2.71 bits per heavy atom. The lowest BCUT2D eigenvalue weighted by Gasteiger charge is -2.11. The van der Waals surface area contributed by atoms with Crippen LogP contribution in [0.4, 0.5) is 0 Å². The molecule has 8 heteroatoms. The lowest BCUT2D eigenvalue weighted by molar-refractivity contribution is -0.151. The van der Waals surface area contributed by atoms with Crippen molar-refractivity contribution in [1.29, 1.82) is 0 Å². The first kappa shape index (κ1) is 13.7. The zero-order valence-electron chi connectivity index (χ0n) is 9.53. The van der Waals surface area contributed by atoms with Crippen LogP contribution in [-0.2, 0) is 25.9 Å². The SMILES string of the molecule is CCOC(Cn1cc(S(C)(=O)=O)cn1)C(=O)O. The summed E-state index contributed by atoms with van der Waals surface area (Å²) in [7, 11) is -3.32. The van der Waals surface area contributed by atoms with E-state index in [2.05, 4.69) is 5.10 Å².